The summed E-state index contributed by atoms with van der Waals surface area (Å²) in [4.78, 5) is 11.6. The van der Waals surface area contributed by atoms with Crippen LogP contribution in [0.15, 0.2) is 48.8 Å². The molecule has 0 aliphatic heterocycles. The summed E-state index contributed by atoms with van der Waals surface area (Å²) in [5.41, 5.74) is 2.28. The van der Waals surface area contributed by atoms with E-state index >= 15 is 0 Å². The van der Waals surface area contributed by atoms with E-state index in [1.807, 2.05) is 43.6 Å². The predicted molar refractivity (Wildman–Crippen MR) is 109 cm³/mol. The molecule has 2 rings (SSSR count). The molecule has 0 radical (unpaired) electrons. The van der Waals surface area contributed by atoms with Crippen LogP contribution in [0.2, 0.25) is 0 Å². The zero-order valence-electron chi connectivity index (χ0n) is 15.2. The maximum atomic E-state index is 11.6. The number of pyridine rings is 1. The van der Waals surface area contributed by atoms with E-state index < -0.39 is 0 Å². The van der Waals surface area contributed by atoms with Crippen LogP contribution < -0.4 is 14.6 Å². The van der Waals surface area contributed by atoms with Crippen LogP contribution in [0, 0.1) is 0 Å². The highest BCUT2D eigenvalue weighted by atomic mass is 32.1. The fourth-order valence-electron chi connectivity index (χ4n) is 2.47. The summed E-state index contributed by atoms with van der Waals surface area (Å²) in [6.45, 7) is 4.12. The van der Waals surface area contributed by atoms with E-state index in [1.165, 1.54) is 0 Å². The number of nitrogens with zero attached hydrogens (tertiary/aromatic N) is 1. The standard InChI is InChI=1S/C21H26N2O2S/c1-2-25-20-9-7-18(8-10-20)5-6-19-11-15-23(16-12-19)14-3-4-21(24)22-13-17-26/h5-12,15-16H,2-4,13-14,17H2,1H3,(H-,22,24,26)/p+1/b6-5+. The maximum Gasteiger partial charge on any atom is 0.220 e. The van der Waals surface area contributed by atoms with Crippen LogP contribution in [0.1, 0.15) is 30.9 Å². The normalized spacial score (nSPS) is 10.8. The fourth-order valence-corrected chi connectivity index (χ4v) is 2.58. The molecule has 1 aromatic heterocycles. The number of rotatable bonds is 10. The molecule has 0 aliphatic rings. The molecule has 0 saturated heterocycles. The van der Waals surface area contributed by atoms with Gasteiger partial charge < -0.3 is 10.1 Å². The van der Waals surface area contributed by atoms with Gasteiger partial charge in [0.2, 0.25) is 5.91 Å². The van der Waals surface area contributed by atoms with Crippen molar-refractivity contribution < 1.29 is 14.1 Å². The summed E-state index contributed by atoms with van der Waals surface area (Å²) < 4.78 is 7.55. The van der Waals surface area contributed by atoms with Crippen molar-refractivity contribution in [3.63, 3.8) is 0 Å². The van der Waals surface area contributed by atoms with Crippen molar-refractivity contribution in [3.05, 3.63) is 59.9 Å². The van der Waals surface area contributed by atoms with Crippen LogP contribution in [-0.4, -0.2) is 24.8 Å². The van der Waals surface area contributed by atoms with Gasteiger partial charge in [-0.3, -0.25) is 4.79 Å². The lowest BCUT2D eigenvalue weighted by Crippen LogP contribution is -2.33. The van der Waals surface area contributed by atoms with Crippen LogP contribution in [0.25, 0.3) is 12.2 Å². The lowest BCUT2D eigenvalue weighted by atomic mass is 10.1. The highest BCUT2D eigenvalue weighted by Crippen LogP contribution is 2.14. The van der Waals surface area contributed by atoms with Crippen LogP contribution in [-0.2, 0) is 11.3 Å². The van der Waals surface area contributed by atoms with Gasteiger partial charge in [0.05, 0.1) is 6.61 Å². The Bertz CT molecular complexity index is 697. The minimum absolute atomic E-state index is 0.0922. The minimum Gasteiger partial charge on any atom is -0.494 e. The Kier molecular flexibility index (Phi) is 8.76. The molecule has 0 spiro atoms. The molecule has 138 valence electrons. The Morgan fingerprint density at radius 2 is 1.77 bits per heavy atom. The van der Waals surface area contributed by atoms with Crippen LogP contribution in [0.5, 0.6) is 5.75 Å². The first-order chi connectivity index (χ1) is 12.7. The van der Waals surface area contributed by atoms with Crippen LogP contribution in [0.3, 0.4) is 0 Å². The number of benzene rings is 1. The number of hydrogen-bond acceptors (Lipinski definition) is 3. The highest BCUT2D eigenvalue weighted by Gasteiger charge is 2.04. The van der Waals surface area contributed by atoms with E-state index in [4.69, 9.17) is 4.74 Å². The zero-order valence-corrected chi connectivity index (χ0v) is 16.1. The largest absolute Gasteiger partial charge is 0.494 e. The number of thiol groups is 1. The highest BCUT2D eigenvalue weighted by molar-refractivity contribution is 7.80. The van der Waals surface area contributed by atoms with Crippen molar-refractivity contribution in [3.8, 4) is 5.75 Å². The summed E-state index contributed by atoms with van der Waals surface area (Å²) in [6.07, 6.45) is 9.63. The first-order valence-corrected chi connectivity index (χ1v) is 9.62. The number of carbonyl (C=O) groups is 1. The van der Waals surface area contributed by atoms with E-state index in [-0.39, 0.29) is 5.91 Å². The third-order valence-corrected chi connectivity index (χ3v) is 4.05. The third kappa shape index (κ3) is 7.31. The number of ether oxygens (including phenoxy) is 1. The van der Waals surface area contributed by atoms with E-state index in [1.54, 1.807) is 0 Å². The van der Waals surface area contributed by atoms with Crippen molar-refractivity contribution >= 4 is 30.7 Å². The number of amides is 1. The molecule has 5 heteroatoms. The molecule has 26 heavy (non-hydrogen) atoms. The lowest BCUT2D eigenvalue weighted by Gasteiger charge is -2.02. The Hall–Kier alpha value is -2.27. The van der Waals surface area contributed by atoms with E-state index in [9.17, 15) is 4.79 Å². The lowest BCUT2D eigenvalue weighted by molar-refractivity contribution is -0.697. The van der Waals surface area contributed by atoms with Gasteiger partial charge in [-0.2, -0.15) is 12.6 Å². The second-order valence-electron chi connectivity index (χ2n) is 5.88. The first kappa shape index (κ1) is 20.0. The maximum absolute atomic E-state index is 11.6. The average Bonchev–Trinajstić information content (AvgIpc) is 2.67. The number of aryl methyl sites for hydroxylation is 1. The number of aromatic nitrogens is 1. The predicted octanol–water partition coefficient (Wildman–Crippen LogP) is 3.37. The second kappa shape index (κ2) is 11.4. The van der Waals surface area contributed by atoms with E-state index in [0.717, 1.165) is 29.8 Å². The van der Waals surface area contributed by atoms with Gasteiger partial charge in [0.15, 0.2) is 12.4 Å². The summed E-state index contributed by atoms with van der Waals surface area (Å²) in [5, 5.41) is 2.83. The van der Waals surface area contributed by atoms with Crippen molar-refractivity contribution in [1.82, 2.24) is 5.32 Å². The molecule has 1 amide bonds. The molecule has 0 bridgehead atoms. The van der Waals surface area contributed by atoms with Crippen molar-refractivity contribution in [2.75, 3.05) is 18.9 Å². The zero-order chi connectivity index (χ0) is 18.6. The van der Waals surface area contributed by atoms with Crippen LogP contribution in [0.4, 0.5) is 0 Å². The molecule has 4 nitrogen and oxygen atoms in total. The van der Waals surface area contributed by atoms with Crippen molar-refractivity contribution in [2.45, 2.75) is 26.3 Å². The van der Waals surface area contributed by atoms with Gasteiger partial charge in [-0.25, -0.2) is 4.57 Å². The third-order valence-electron chi connectivity index (χ3n) is 3.83. The Morgan fingerprint density at radius 3 is 2.38 bits per heavy atom. The van der Waals surface area contributed by atoms with Crippen molar-refractivity contribution in [1.29, 1.82) is 0 Å². The summed E-state index contributed by atoms with van der Waals surface area (Å²) >= 11 is 4.08. The average molecular weight is 372 g/mol. The van der Waals surface area contributed by atoms with Crippen LogP contribution >= 0.6 is 12.6 Å². The molecule has 0 fully saturated rings. The van der Waals surface area contributed by atoms with Gasteiger partial charge in [0.1, 0.15) is 12.3 Å². The van der Waals surface area contributed by atoms with Gasteiger partial charge in [0.25, 0.3) is 0 Å². The fraction of sp³-hybridized carbons (Fsp3) is 0.333. The van der Waals surface area contributed by atoms with Crippen molar-refractivity contribution in [2.24, 2.45) is 0 Å². The number of hydrogen-bond donors (Lipinski definition) is 2. The van der Waals surface area contributed by atoms with Gasteiger partial charge >= 0.3 is 0 Å². The molecule has 1 heterocycles. The minimum atomic E-state index is 0.0922. The first-order valence-electron chi connectivity index (χ1n) is 8.99. The molecular weight excluding hydrogens is 344 g/mol. The summed E-state index contributed by atoms with van der Waals surface area (Å²) in [5.74, 6) is 1.66. The Morgan fingerprint density at radius 1 is 1.12 bits per heavy atom. The molecule has 0 unspecified atom stereocenters. The number of carbonyl (C=O) groups excluding carboxylic acids is 1. The topological polar surface area (TPSA) is 42.2 Å². The van der Waals surface area contributed by atoms with Gasteiger partial charge in [-0.1, -0.05) is 24.3 Å². The Labute approximate surface area is 161 Å². The van der Waals surface area contributed by atoms with E-state index in [0.29, 0.717) is 25.3 Å². The summed E-state index contributed by atoms with van der Waals surface area (Å²) in [7, 11) is 0. The van der Waals surface area contributed by atoms with Gasteiger partial charge in [0, 0.05) is 37.3 Å². The second-order valence-corrected chi connectivity index (χ2v) is 6.33. The van der Waals surface area contributed by atoms with Gasteiger partial charge in [-0.05, 0) is 30.2 Å². The molecule has 0 aliphatic carbocycles. The monoisotopic (exact) mass is 371 g/mol. The number of nitrogens with one attached hydrogen (secondary N) is 1. The molecule has 1 aromatic carbocycles. The molecule has 0 saturated carbocycles. The molecule has 2 aromatic rings. The molecule has 0 atom stereocenters. The van der Waals surface area contributed by atoms with Gasteiger partial charge in [-0.15, -0.1) is 0 Å². The molecule has 1 N–H and O–H groups in total. The quantitative estimate of drug-likeness (QED) is 0.497. The Balaban J connectivity index is 1.80. The summed E-state index contributed by atoms with van der Waals surface area (Å²) in [6, 6.07) is 12.2. The SMILES string of the molecule is CCOc1ccc(/C=C/c2cc[n+](CCCC(=O)NCCS)cc2)cc1. The van der Waals surface area contributed by atoms with E-state index in [2.05, 4.69) is 46.8 Å². The smallest absolute Gasteiger partial charge is 0.220 e. The molecular formula is C21H27N2O2S+.